The van der Waals surface area contributed by atoms with Crippen LogP contribution in [0.1, 0.15) is 25.5 Å². The molecule has 0 bridgehead atoms. The SMILES string of the molecule is CSC(CO)C(C)NC(C)c1ccc(F)cc1F. The molecular formula is C13H19F2NOS. The van der Waals surface area contributed by atoms with E-state index in [1.54, 1.807) is 11.8 Å². The molecule has 0 fully saturated rings. The molecule has 0 radical (unpaired) electrons. The summed E-state index contributed by atoms with van der Waals surface area (Å²) in [7, 11) is 0. The fourth-order valence-corrected chi connectivity index (χ4v) is 2.52. The topological polar surface area (TPSA) is 32.3 Å². The molecule has 102 valence electrons. The van der Waals surface area contributed by atoms with Crippen LogP contribution in [-0.2, 0) is 0 Å². The third kappa shape index (κ3) is 3.93. The van der Waals surface area contributed by atoms with Gasteiger partial charge in [0.05, 0.1) is 6.61 Å². The molecule has 0 amide bonds. The summed E-state index contributed by atoms with van der Waals surface area (Å²) in [6.45, 7) is 3.82. The number of benzene rings is 1. The van der Waals surface area contributed by atoms with E-state index in [9.17, 15) is 13.9 Å². The Morgan fingerprint density at radius 3 is 2.50 bits per heavy atom. The van der Waals surface area contributed by atoms with Gasteiger partial charge in [0, 0.05) is 29.0 Å². The van der Waals surface area contributed by atoms with Crippen LogP contribution in [0.5, 0.6) is 0 Å². The fourth-order valence-electron chi connectivity index (χ4n) is 1.88. The van der Waals surface area contributed by atoms with Gasteiger partial charge in [-0.05, 0) is 26.2 Å². The van der Waals surface area contributed by atoms with Crippen LogP contribution >= 0.6 is 11.8 Å². The minimum atomic E-state index is -0.575. The molecule has 0 aromatic heterocycles. The second-order valence-electron chi connectivity index (χ2n) is 4.30. The van der Waals surface area contributed by atoms with Crippen molar-refractivity contribution in [2.24, 2.45) is 0 Å². The quantitative estimate of drug-likeness (QED) is 0.837. The lowest BCUT2D eigenvalue weighted by Crippen LogP contribution is -2.39. The summed E-state index contributed by atoms with van der Waals surface area (Å²) in [5, 5.41) is 12.5. The number of thioether (sulfide) groups is 1. The molecule has 1 rings (SSSR count). The van der Waals surface area contributed by atoms with E-state index in [0.29, 0.717) is 5.56 Å². The number of hydrogen-bond acceptors (Lipinski definition) is 3. The molecule has 0 aliphatic rings. The maximum Gasteiger partial charge on any atom is 0.130 e. The summed E-state index contributed by atoms with van der Waals surface area (Å²) >= 11 is 1.56. The number of aliphatic hydroxyl groups is 1. The Morgan fingerprint density at radius 2 is 2.00 bits per heavy atom. The first-order valence-electron chi connectivity index (χ1n) is 5.84. The first kappa shape index (κ1) is 15.4. The summed E-state index contributed by atoms with van der Waals surface area (Å²) in [6.07, 6.45) is 1.92. The van der Waals surface area contributed by atoms with Gasteiger partial charge in [-0.25, -0.2) is 8.78 Å². The van der Waals surface area contributed by atoms with Crippen LogP contribution in [-0.4, -0.2) is 29.3 Å². The predicted octanol–water partition coefficient (Wildman–Crippen LogP) is 2.73. The van der Waals surface area contributed by atoms with E-state index in [2.05, 4.69) is 5.32 Å². The number of nitrogens with one attached hydrogen (secondary N) is 1. The number of aliphatic hydroxyl groups excluding tert-OH is 1. The molecule has 0 aliphatic carbocycles. The average molecular weight is 275 g/mol. The van der Waals surface area contributed by atoms with Gasteiger partial charge in [0.1, 0.15) is 11.6 Å². The zero-order valence-corrected chi connectivity index (χ0v) is 11.6. The Hall–Kier alpha value is -0.650. The molecule has 0 saturated heterocycles. The smallest absolute Gasteiger partial charge is 0.130 e. The van der Waals surface area contributed by atoms with Crippen LogP contribution < -0.4 is 5.32 Å². The molecule has 18 heavy (non-hydrogen) atoms. The third-order valence-corrected chi connectivity index (χ3v) is 4.15. The lowest BCUT2D eigenvalue weighted by atomic mass is 10.1. The molecule has 5 heteroatoms. The zero-order valence-electron chi connectivity index (χ0n) is 10.8. The summed E-state index contributed by atoms with van der Waals surface area (Å²) in [5.41, 5.74) is 0.432. The monoisotopic (exact) mass is 275 g/mol. The van der Waals surface area contributed by atoms with E-state index >= 15 is 0 Å². The Kier molecular flexibility index (Phi) is 6.05. The second-order valence-corrected chi connectivity index (χ2v) is 5.38. The molecule has 1 aromatic rings. The number of halogens is 2. The fraction of sp³-hybridized carbons (Fsp3) is 0.538. The van der Waals surface area contributed by atoms with Gasteiger partial charge in [-0.1, -0.05) is 6.07 Å². The van der Waals surface area contributed by atoms with E-state index in [4.69, 9.17) is 0 Å². The van der Waals surface area contributed by atoms with Crippen molar-refractivity contribution in [2.75, 3.05) is 12.9 Å². The second kappa shape index (κ2) is 7.07. The molecule has 0 heterocycles. The first-order valence-corrected chi connectivity index (χ1v) is 7.13. The molecule has 2 nitrogen and oxygen atoms in total. The third-order valence-electron chi connectivity index (χ3n) is 2.98. The van der Waals surface area contributed by atoms with Gasteiger partial charge in [0.25, 0.3) is 0 Å². The van der Waals surface area contributed by atoms with E-state index < -0.39 is 11.6 Å². The van der Waals surface area contributed by atoms with Crippen LogP contribution in [0.4, 0.5) is 8.78 Å². The maximum atomic E-state index is 13.6. The molecule has 0 saturated carbocycles. The molecule has 3 unspecified atom stereocenters. The van der Waals surface area contributed by atoms with Crippen molar-refractivity contribution < 1.29 is 13.9 Å². The van der Waals surface area contributed by atoms with Crippen molar-refractivity contribution in [3.63, 3.8) is 0 Å². The summed E-state index contributed by atoms with van der Waals surface area (Å²) in [5.74, 6) is -1.12. The Balaban J connectivity index is 2.72. The highest BCUT2D eigenvalue weighted by molar-refractivity contribution is 7.99. The molecule has 0 spiro atoms. The van der Waals surface area contributed by atoms with Gasteiger partial charge >= 0.3 is 0 Å². The zero-order chi connectivity index (χ0) is 13.7. The highest BCUT2D eigenvalue weighted by Gasteiger charge is 2.19. The number of hydrogen-bond donors (Lipinski definition) is 2. The molecule has 0 aliphatic heterocycles. The van der Waals surface area contributed by atoms with Crippen molar-refractivity contribution in [1.29, 1.82) is 0 Å². The van der Waals surface area contributed by atoms with Crippen LogP contribution in [0.2, 0.25) is 0 Å². The van der Waals surface area contributed by atoms with Gasteiger partial charge in [-0.3, -0.25) is 0 Å². The van der Waals surface area contributed by atoms with E-state index in [0.717, 1.165) is 6.07 Å². The van der Waals surface area contributed by atoms with Crippen LogP contribution in [0, 0.1) is 11.6 Å². The standard InChI is InChI=1S/C13H19F2NOS/c1-8(16-9(2)13(7-17)18-3)11-5-4-10(14)6-12(11)15/h4-6,8-9,13,16-17H,7H2,1-3H3. The predicted molar refractivity (Wildman–Crippen MR) is 71.8 cm³/mol. The van der Waals surface area contributed by atoms with Gasteiger partial charge < -0.3 is 10.4 Å². The average Bonchev–Trinajstić information content (AvgIpc) is 2.30. The Labute approximate surface area is 111 Å². The van der Waals surface area contributed by atoms with Gasteiger partial charge in [-0.2, -0.15) is 11.8 Å². The summed E-state index contributed by atoms with van der Waals surface area (Å²) < 4.78 is 26.4. The van der Waals surface area contributed by atoms with E-state index in [1.165, 1.54) is 12.1 Å². The Bertz CT molecular complexity index is 385. The van der Waals surface area contributed by atoms with Crippen molar-refractivity contribution in [2.45, 2.75) is 31.2 Å². The molecule has 2 N–H and O–H groups in total. The van der Waals surface area contributed by atoms with Gasteiger partial charge in [-0.15, -0.1) is 0 Å². The minimum Gasteiger partial charge on any atom is -0.395 e. The van der Waals surface area contributed by atoms with Crippen LogP contribution in [0.25, 0.3) is 0 Å². The minimum absolute atomic E-state index is 0.0319. The molecular weight excluding hydrogens is 256 g/mol. The maximum absolute atomic E-state index is 13.6. The first-order chi connectivity index (χ1) is 8.49. The Morgan fingerprint density at radius 1 is 1.33 bits per heavy atom. The van der Waals surface area contributed by atoms with Gasteiger partial charge in [0.2, 0.25) is 0 Å². The lowest BCUT2D eigenvalue weighted by Gasteiger charge is -2.25. The van der Waals surface area contributed by atoms with E-state index in [-0.39, 0.29) is 23.9 Å². The van der Waals surface area contributed by atoms with Crippen molar-refractivity contribution in [3.05, 3.63) is 35.4 Å². The summed E-state index contributed by atoms with van der Waals surface area (Å²) in [6, 6.07) is 3.38. The summed E-state index contributed by atoms with van der Waals surface area (Å²) in [4.78, 5) is 0. The largest absolute Gasteiger partial charge is 0.395 e. The van der Waals surface area contributed by atoms with Crippen molar-refractivity contribution >= 4 is 11.8 Å². The number of rotatable bonds is 6. The molecule has 1 aromatic carbocycles. The van der Waals surface area contributed by atoms with Crippen LogP contribution in [0.15, 0.2) is 18.2 Å². The van der Waals surface area contributed by atoms with Gasteiger partial charge in [0.15, 0.2) is 0 Å². The van der Waals surface area contributed by atoms with Crippen molar-refractivity contribution in [3.8, 4) is 0 Å². The normalized spacial score (nSPS) is 16.3. The molecule has 3 atom stereocenters. The highest BCUT2D eigenvalue weighted by Crippen LogP contribution is 2.20. The lowest BCUT2D eigenvalue weighted by molar-refractivity contribution is 0.271. The van der Waals surface area contributed by atoms with Crippen molar-refractivity contribution in [1.82, 2.24) is 5.32 Å². The van der Waals surface area contributed by atoms with Crippen LogP contribution in [0.3, 0.4) is 0 Å². The van der Waals surface area contributed by atoms with E-state index in [1.807, 2.05) is 20.1 Å². The highest BCUT2D eigenvalue weighted by atomic mass is 32.2.